The predicted molar refractivity (Wildman–Crippen MR) is 67.1 cm³/mol. The second-order valence-electron chi connectivity index (χ2n) is 3.53. The highest BCUT2D eigenvalue weighted by Crippen LogP contribution is 2.19. The summed E-state index contributed by atoms with van der Waals surface area (Å²) in [5.74, 6) is 0.579. The third-order valence-electron chi connectivity index (χ3n) is 2.19. The first-order valence-corrected chi connectivity index (χ1v) is 6.79. The number of nitrogens with zero attached hydrogens (tertiary/aromatic N) is 1. The first-order valence-electron chi connectivity index (χ1n) is 4.87. The summed E-state index contributed by atoms with van der Waals surface area (Å²) >= 11 is 5.79. The lowest BCUT2D eigenvalue weighted by atomic mass is 10.3. The highest BCUT2D eigenvalue weighted by molar-refractivity contribution is 8.09. The first kappa shape index (κ1) is 12.1. The van der Waals surface area contributed by atoms with E-state index in [0.717, 1.165) is 5.41 Å². The molecule has 0 atom stereocenters. The molecule has 4 nitrogen and oxygen atoms in total. The average Bonchev–Trinajstić information content (AvgIpc) is 2.50. The molecule has 0 amide bonds. The van der Waals surface area contributed by atoms with Crippen molar-refractivity contribution in [2.75, 3.05) is 6.61 Å². The second kappa shape index (κ2) is 4.50. The number of aliphatic imine (C=N–C) groups is 1. The van der Waals surface area contributed by atoms with Crippen molar-refractivity contribution < 1.29 is 13.2 Å². The van der Waals surface area contributed by atoms with Crippen LogP contribution >= 0.6 is 11.6 Å². The minimum Gasteiger partial charge on any atom is -0.487 e. The number of hydrogen-bond acceptors (Lipinski definition) is 4. The van der Waals surface area contributed by atoms with Gasteiger partial charge < -0.3 is 4.74 Å². The first-order chi connectivity index (χ1) is 7.97. The van der Waals surface area contributed by atoms with Gasteiger partial charge in [-0.1, -0.05) is 17.7 Å². The Morgan fingerprint density at radius 2 is 2.18 bits per heavy atom. The molecule has 17 heavy (non-hydrogen) atoms. The molecule has 1 aliphatic heterocycles. The zero-order chi connectivity index (χ0) is 12.5. The summed E-state index contributed by atoms with van der Waals surface area (Å²) in [4.78, 5) is 3.91. The quantitative estimate of drug-likeness (QED) is 0.848. The summed E-state index contributed by atoms with van der Waals surface area (Å²) in [6.45, 7) is 1.56. The molecular formula is C11H10ClNO3S. The molecule has 0 bridgehead atoms. The Labute approximate surface area is 104 Å². The van der Waals surface area contributed by atoms with Crippen molar-refractivity contribution in [3.05, 3.63) is 40.4 Å². The maximum absolute atomic E-state index is 11.4. The fraction of sp³-hybridized carbons (Fsp3) is 0.182. The lowest BCUT2D eigenvalue weighted by molar-refractivity contribution is 0.351. The summed E-state index contributed by atoms with van der Waals surface area (Å²) < 4.78 is 28.1. The predicted octanol–water partition coefficient (Wildman–Crippen LogP) is 2.41. The van der Waals surface area contributed by atoms with E-state index in [1.54, 1.807) is 24.3 Å². The molecule has 0 aromatic heterocycles. The molecule has 0 N–H and O–H groups in total. The van der Waals surface area contributed by atoms with Gasteiger partial charge in [0.2, 0.25) is 9.84 Å². The molecule has 6 heteroatoms. The van der Waals surface area contributed by atoms with E-state index in [2.05, 4.69) is 4.99 Å². The number of benzene rings is 1. The smallest absolute Gasteiger partial charge is 0.214 e. The normalized spacial score (nSPS) is 17.5. The standard InChI is InChI=1S/C11H10ClNO3S/c1-8-13-10(7-17(8,14)15)6-16-11-4-2-3-9(12)5-11/h2-5,7H,6H2,1H3. The van der Waals surface area contributed by atoms with Crippen molar-refractivity contribution >= 4 is 26.5 Å². The fourth-order valence-electron chi connectivity index (χ4n) is 1.34. The van der Waals surface area contributed by atoms with E-state index < -0.39 is 9.84 Å². The van der Waals surface area contributed by atoms with E-state index >= 15 is 0 Å². The summed E-state index contributed by atoms with van der Waals surface area (Å²) in [5, 5.41) is 1.78. The van der Waals surface area contributed by atoms with Crippen LogP contribution in [-0.4, -0.2) is 20.1 Å². The Kier molecular flexibility index (Phi) is 3.22. The Balaban J connectivity index is 2.06. The third-order valence-corrected chi connectivity index (χ3v) is 3.92. The fourth-order valence-corrected chi connectivity index (χ4v) is 2.41. The molecule has 1 aliphatic rings. The van der Waals surface area contributed by atoms with Crippen molar-refractivity contribution in [1.82, 2.24) is 0 Å². The zero-order valence-electron chi connectivity index (χ0n) is 9.05. The summed E-state index contributed by atoms with van der Waals surface area (Å²) in [5.41, 5.74) is 0.391. The lowest BCUT2D eigenvalue weighted by Crippen LogP contribution is -2.01. The molecule has 0 saturated carbocycles. The van der Waals surface area contributed by atoms with Crippen LogP contribution in [0.25, 0.3) is 0 Å². The van der Waals surface area contributed by atoms with Crippen LogP contribution in [0.5, 0.6) is 5.75 Å². The third kappa shape index (κ3) is 2.87. The van der Waals surface area contributed by atoms with E-state index in [4.69, 9.17) is 16.3 Å². The molecule has 0 unspecified atom stereocenters. The van der Waals surface area contributed by atoms with Gasteiger partial charge in [-0.05, 0) is 25.1 Å². The molecule has 0 fully saturated rings. The molecule has 0 aliphatic carbocycles. The molecule has 1 heterocycles. The van der Waals surface area contributed by atoms with Crippen molar-refractivity contribution in [2.24, 2.45) is 4.99 Å². The highest BCUT2D eigenvalue weighted by atomic mass is 35.5. The molecule has 90 valence electrons. The molecular weight excluding hydrogens is 262 g/mol. The Hall–Kier alpha value is -1.33. The van der Waals surface area contributed by atoms with E-state index in [1.165, 1.54) is 6.92 Å². The van der Waals surface area contributed by atoms with Gasteiger partial charge in [-0.2, -0.15) is 0 Å². The Morgan fingerprint density at radius 1 is 1.41 bits per heavy atom. The molecule has 0 spiro atoms. The number of ether oxygens (including phenoxy) is 1. The minimum absolute atomic E-state index is 0.0993. The van der Waals surface area contributed by atoms with E-state index in [9.17, 15) is 8.42 Å². The number of rotatable bonds is 3. The highest BCUT2D eigenvalue weighted by Gasteiger charge is 2.20. The van der Waals surface area contributed by atoms with Gasteiger partial charge in [0.15, 0.2) is 0 Å². The number of sulfone groups is 1. The van der Waals surface area contributed by atoms with Crippen LogP contribution < -0.4 is 4.74 Å². The second-order valence-corrected chi connectivity index (χ2v) is 5.88. The van der Waals surface area contributed by atoms with Crippen LogP contribution in [0.15, 0.2) is 40.4 Å². The minimum atomic E-state index is -3.30. The van der Waals surface area contributed by atoms with Crippen LogP contribution in [0.2, 0.25) is 5.02 Å². The summed E-state index contributed by atoms with van der Waals surface area (Å²) in [7, 11) is -3.30. The van der Waals surface area contributed by atoms with Crippen molar-refractivity contribution in [3.63, 3.8) is 0 Å². The van der Waals surface area contributed by atoms with Crippen LogP contribution in [0, 0.1) is 0 Å². The summed E-state index contributed by atoms with van der Waals surface area (Å²) in [6, 6.07) is 6.89. The van der Waals surface area contributed by atoms with Gasteiger partial charge in [0.25, 0.3) is 0 Å². The lowest BCUT2D eigenvalue weighted by Gasteiger charge is -2.04. The topological polar surface area (TPSA) is 55.7 Å². The van der Waals surface area contributed by atoms with Crippen molar-refractivity contribution in [3.8, 4) is 5.75 Å². The molecule has 1 aromatic rings. The average molecular weight is 272 g/mol. The van der Waals surface area contributed by atoms with Gasteiger partial charge in [0.1, 0.15) is 17.4 Å². The molecule has 0 saturated heterocycles. The number of hydrogen-bond donors (Lipinski definition) is 0. The molecule has 1 aromatic carbocycles. The van der Waals surface area contributed by atoms with Crippen LogP contribution in [0.4, 0.5) is 0 Å². The van der Waals surface area contributed by atoms with Gasteiger partial charge in [0, 0.05) is 5.02 Å². The maximum Gasteiger partial charge on any atom is 0.214 e. The van der Waals surface area contributed by atoms with Crippen molar-refractivity contribution in [2.45, 2.75) is 6.92 Å². The van der Waals surface area contributed by atoms with Crippen LogP contribution in [0.3, 0.4) is 0 Å². The Bertz CT molecular complexity index is 605. The van der Waals surface area contributed by atoms with Gasteiger partial charge in [-0.25, -0.2) is 13.4 Å². The van der Waals surface area contributed by atoms with Crippen molar-refractivity contribution in [1.29, 1.82) is 0 Å². The number of halogens is 1. The zero-order valence-corrected chi connectivity index (χ0v) is 10.6. The van der Waals surface area contributed by atoms with E-state index in [-0.39, 0.29) is 11.7 Å². The largest absolute Gasteiger partial charge is 0.487 e. The van der Waals surface area contributed by atoms with Gasteiger partial charge in [-0.15, -0.1) is 0 Å². The van der Waals surface area contributed by atoms with E-state index in [1.807, 2.05) is 0 Å². The summed E-state index contributed by atoms with van der Waals surface area (Å²) in [6.07, 6.45) is 0. The van der Waals surface area contributed by atoms with E-state index in [0.29, 0.717) is 16.5 Å². The monoisotopic (exact) mass is 271 g/mol. The van der Waals surface area contributed by atoms with Gasteiger partial charge >= 0.3 is 0 Å². The Morgan fingerprint density at radius 3 is 2.76 bits per heavy atom. The molecule has 2 rings (SSSR count). The van der Waals surface area contributed by atoms with Gasteiger partial charge in [0.05, 0.1) is 11.1 Å². The molecule has 0 radical (unpaired) electrons. The van der Waals surface area contributed by atoms with Crippen LogP contribution in [-0.2, 0) is 9.84 Å². The SMILES string of the molecule is CC1=NC(COc2cccc(Cl)c2)=CS1(=O)=O. The van der Waals surface area contributed by atoms with Crippen LogP contribution in [0.1, 0.15) is 6.92 Å². The van der Waals surface area contributed by atoms with Gasteiger partial charge in [-0.3, -0.25) is 0 Å². The maximum atomic E-state index is 11.4.